The van der Waals surface area contributed by atoms with Crippen LogP contribution < -0.4 is 10.5 Å². The van der Waals surface area contributed by atoms with Crippen molar-refractivity contribution in [2.45, 2.75) is 32.8 Å². The van der Waals surface area contributed by atoms with Gasteiger partial charge in [-0.3, -0.25) is 4.98 Å². The predicted molar refractivity (Wildman–Crippen MR) is 57.5 cm³/mol. The summed E-state index contributed by atoms with van der Waals surface area (Å²) in [5, 5.41) is 0. The number of nitrogens with zero attached hydrogens (tertiary/aromatic N) is 1. The zero-order chi connectivity index (χ0) is 10.6. The summed E-state index contributed by atoms with van der Waals surface area (Å²) >= 11 is 0. The van der Waals surface area contributed by atoms with Crippen molar-refractivity contribution in [3.05, 3.63) is 24.0 Å². The van der Waals surface area contributed by atoms with E-state index in [0.717, 1.165) is 11.3 Å². The Bertz CT molecular complexity index is 286. The SMILES string of the molecule is CC(C)Oc1ccncc1C(C)CN. The van der Waals surface area contributed by atoms with Crippen molar-refractivity contribution >= 4 is 0 Å². The lowest BCUT2D eigenvalue weighted by molar-refractivity contribution is 0.238. The van der Waals surface area contributed by atoms with Gasteiger partial charge in [-0.05, 0) is 32.4 Å². The van der Waals surface area contributed by atoms with Gasteiger partial charge in [0.25, 0.3) is 0 Å². The van der Waals surface area contributed by atoms with Crippen LogP contribution in [0, 0.1) is 0 Å². The molecule has 1 unspecified atom stereocenters. The van der Waals surface area contributed by atoms with Gasteiger partial charge in [-0.15, -0.1) is 0 Å². The van der Waals surface area contributed by atoms with Crippen molar-refractivity contribution in [3.63, 3.8) is 0 Å². The summed E-state index contributed by atoms with van der Waals surface area (Å²) in [5.74, 6) is 1.19. The van der Waals surface area contributed by atoms with E-state index >= 15 is 0 Å². The Morgan fingerprint density at radius 3 is 2.71 bits per heavy atom. The van der Waals surface area contributed by atoms with Gasteiger partial charge in [-0.2, -0.15) is 0 Å². The van der Waals surface area contributed by atoms with Gasteiger partial charge < -0.3 is 10.5 Å². The van der Waals surface area contributed by atoms with Crippen molar-refractivity contribution in [2.24, 2.45) is 5.73 Å². The fourth-order valence-electron chi connectivity index (χ4n) is 1.25. The minimum Gasteiger partial charge on any atom is -0.491 e. The third kappa shape index (κ3) is 2.70. The van der Waals surface area contributed by atoms with Crippen molar-refractivity contribution in [1.29, 1.82) is 0 Å². The van der Waals surface area contributed by atoms with Crippen LogP contribution in [0.4, 0.5) is 0 Å². The summed E-state index contributed by atoms with van der Waals surface area (Å²) in [6, 6.07) is 1.89. The Balaban J connectivity index is 2.91. The van der Waals surface area contributed by atoms with Crippen LogP contribution in [0.2, 0.25) is 0 Å². The van der Waals surface area contributed by atoms with E-state index in [-0.39, 0.29) is 12.0 Å². The van der Waals surface area contributed by atoms with E-state index in [0.29, 0.717) is 6.54 Å². The molecule has 0 aromatic carbocycles. The molecule has 1 heterocycles. The van der Waals surface area contributed by atoms with Crippen LogP contribution in [0.1, 0.15) is 32.3 Å². The molecule has 1 aromatic rings. The van der Waals surface area contributed by atoms with E-state index in [1.807, 2.05) is 26.1 Å². The average Bonchev–Trinajstić information content (AvgIpc) is 2.16. The third-order valence-corrected chi connectivity index (χ3v) is 2.06. The highest BCUT2D eigenvalue weighted by Gasteiger charge is 2.10. The highest BCUT2D eigenvalue weighted by molar-refractivity contribution is 5.33. The molecular weight excluding hydrogens is 176 g/mol. The van der Waals surface area contributed by atoms with Gasteiger partial charge in [0.2, 0.25) is 0 Å². The Labute approximate surface area is 85.3 Å². The second-order valence-corrected chi connectivity index (χ2v) is 3.72. The fraction of sp³-hybridized carbons (Fsp3) is 0.545. The number of hydrogen-bond acceptors (Lipinski definition) is 3. The first-order chi connectivity index (χ1) is 6.65. The Hall–Kier alpha value is -1.09. The van der Waals surface area contributed by atoms with Gasteiger partial charge in [0.1, 0.15) is 5.75 Å². The van der Waals surface area contributed by atoms with E-state index in [1.165, 1.54) is 0 Å². The molecule has 1 atom stereocenters. The summed E-state index contributed by atoms with van der Waals surface area (Å²) in [5.41, 5.74) is 6.71. The Morgan fingerprint density at radius 1 is 1.43 bits per heavy atom. The third-order valence-electron chi connectivity index (χ3n) is 2.06. The topological polar surface area (TPSA) is 48.1 Å². The standard InChI is InChI=1S/C11H18N2O/c1-8(2)14-11-4-5-13-7-10(11)9(3)6-12/h4-5,7-9H,6,12H2,1-3H3. The molecule has 0 amide bonds. The first kappa shape index (κ1) is 11.0. The van der Waals surface area contributed by atoms with Crippen LogP contribution in [0.3, 0.4) is 0 Å². The number of rotatable bonds is 4. The Kier molecular flexibility index (Phi) is 3.89. The maximum atomic E-state index is 5.67. The summed E-state index contributed by atoms with van der Waals surface area (Å²) in [6.07, 6.45) is 3.75. The van der Waals surface area contributed by atoms with E-state index in [9.17, 15) is 0 Å². The van der Waals surface area contributed by atoms with Crippen LogP contribution >= 0.6 is 0 Å². The van der Waals surface area contributed by atoms with Crippen LogP contribution in [0.5, 0.6) is 5.75 Å². The lowest BCUT2D eigenvalue weighted by Gasteiger charge is -2.16. The number of ether oxygens (including phenoxy) is 1. The molecule has 0 aliphatic rings. The summed E-state index contributed by atoms with van der Waals surface area (Å²) < 4.78 is 5.67. The molecule has 0 aliphatic heterocycles. The van der Waals surface area contributed by atoms with E-state index in [2.05, 4.69) is 11.9 Å². The number of nitrogens with two attached hydrogens (primary N) is 1. The molecule has 0 saturated carbocycles. The van der Waals surface area contributed by atoms with Crippen LogP contribution in [-0.2, 0) is 0 Å². The van der Waals surface area contributed by atoms with E-state index in [1.54, 1.807) is 6.20 Å². The minimum atomic E-state index is 0.182. The first-order valence-corrected chi connectivity index (χ1v) is 4.95. The highest BCUT2D eigenvalue weighted by atomic mass is 16.5. The van der Waals surface area contributed by atoms with Crippen LogP contribution in [0.25, 0.3) is 0 Å². The van der Waals surface area contributed by atoms with Crippen molar-refractivity contribution < 1.29 is 4.74 Å². The van der Waals surface area contributed by atoms with Crippen LogP contribution in [-0.4, -0.2) is 17.6 Å². The molecule has 0 saturated heterocycles. The highest BCUT2D eigenvalue weighted by Crippen LogP contribution is 2.25. The molecule has 3 heteroatoms. The smallest absolute Gasteiger partial charge is 0.126 e. The van der Waals surface area contributed by atoms with Crippen molar-refractivity contribution in [1.82, 2.24) is 4.98 Å². The summed E-state index contributed by atoms with van der Waals surface area (Å²) in [6.45, 7) is 6.71. The zero-order valence-electron chi connectivity index (χ0n) is 9.03. The first-order valence-electron chi connectivity index (χ1n) is 4.95. The van der Waals surface area contributed by atoms with Crippen molar-refractivity contribution in [3.8, 4) is 5.75 Å². The Morgan fingerprint density at radius 2 is 2.14 bits per heavy atom. The van der Waals surface area contributed by atoms with Gasteiger partial charge in [0.15, 0.2) is 0 Å². The number of pyridine rings is 1. The average molecular weight is 194 g/mol. The molecular formula is C11H18N2O. The van der Waals surface area contributed by atoms with E-state index in [4.69, 9.17) is 10.5 Å². The lowest BCUT2D eigenvalue weighted by Crippen LogP contribution is -2.13. The molecule has 1 rings (SSSR count). The molecule has 3 nitrogen and oxygen atoms in total. The maximum absolute atomic E-state index is 5.67. The van der Waals surface area contributed by atoms with E-state index < -0.39 is 0 Å². The molecule has 14 heavy (non-hydrogen) atoms. The predicted octanol–water partition coefficient (Wildman–Crippen LogP) is 1.93. The van der Waals surface area contributed by atoms with Gasteiger partial charge in [0.05, 0.1) is 6.10 Å². The van der Waals surface area contributed by atoms with Crippen LogP contribution in [0.15, 0.2) is 18.5 Å². The largest absolute Gasteiger partial charge is 0.491 e. The second kappa shape index (κ2) is 4.96. The lowest BCUT2D eigenvalue weighted by atomic mass is 10.0. The van der Waals surface area contributed by atoms with Gasteiger partial charge in [0, 0.05) is 18.0 Å². The molecule has 0 fully saturated rings. The normalized spacial score (nSPS) is 12.9. The molecule has 0 spiro atoms. The minimum absolute atomic E-state index is 0.182. The zero-order valence-corrected chi connectivity index (χ0v) is 9.03. The second-order valence-electron chi connectivity index (χ2n) is 3.72. The van der Waals surface area contributed by atoms with Gasteiger partial charge in [-0.1, -0.05) is 6.92 Å². The number of hydrogen-bond donors (Lipinski definition) is 1. The monoisotopic (exact) mass is 194 g/mol. The number of aromatic nitrogens is 1. The van der Waals surface area contributed by atoms with Crippen molar-refractivity contribution in [2.75, 3.05) is 6.54 Å². The summed E-state index contributed by atoms with van der Waals surface area (Å²) in [4.78, 5) is 4.09. The van der Waals surface area contributed by atoms with Gasteiger partial charge in [-0.25, -0.2) is 0 Å². The molecule has 0 aliphatic carbocycles. The molecule has 1 aromatic heterocycles. The van der Waals surface area contributed by atoms with Gasteiger partial charge >= 0.3 is 0 Å². The quantitative estimate of drug-likeness (QED) is 0.796. The molecule has 0 bridgehead atoms. The summed E-state index contributed by atoms with van der Waals surface area (Å²) in [7, 11) is 0. The fourth-order valence-corrected chi connectivity index (χ4v) is 1.25. The molecule has 0 radical (unpaired) electrons. The molecule has 2 N–H and O–H groups in total. The maximum Gasteiger partial charge on any atom is 0.126 e. The molecule has 78 valence electrons.